The average Bonchev–Trinajstić information content (AvgIpc) is 2.12. The van der Waals surface area contributed by atoms with Crippen molar-refractivity contribution in [3.05, 3.63) is 0 Å². The van der Waals surface area contributed by atoms with Crippen molar-refractivity contribution in [2.45, 2.75) is 59.1 Å². The molecule has 0 spiro atoms. The maximum Gasteiger partial charge on any atom is 0.410 e. The zero-order valence-corrected chi connectivity index (χ0v) is 11.9. The molecule has 0 aromatic carbocycles. The Morgan fingerprint density at radius 1 is 1.33 bits per heavy atom. The van der Waals surface area contributed by atoms with Crippen molar-refractivity contribution in [1.29, 1.82) is 0 Å². The van der Waals surface area contributed by atoms with Gasteiger partial charge in [-0.15, -0.1) is 0 Å². The van der Waals surface area contributed by atoms with E-state index >= 15 is 0 Å². The molecule has 0 bridgehead atoms. The van der Waals surface area contributed by atoms with E-state index in [1.54, 1.807) is 20.8 Å². The zero-order chi connectivity index (χ0) is 14.1. The summed E-state index contributed by atoms with van der Waals surface area (Å²) in [5.41, 5.74) is 4.78. The molecule has 1 unspecified atom stereocenters. The third kappa shape index (κ3) is 3.89. The van der Waals surface area contributed by atoms with Crippen molar-refractivity contribution in [3.63, 3.8) is 0 Å². The van der Waals surface area contributed by atoms with Crippen LogP contribution in [0.15, 0.2) is 0 Å². The van der Waals surface area contributed by atoms with E-state index in [9.17, 15) is 9.59 Å². The summed E-state index contributed by atoms with van der Waals surface area (Å²) < 4.78 is 5.33. The van der Waals surface area contributed by atoms with E-state index in [0.29, 0.717) is 13.0 Å². The molecule has 0 aromatic rings. The van der Waals surface area contributed by atoms with Gasteiger partial charge in [0.1, 0.15) is 11.6 Å². The lowest BCUT2D eigenvalue weighted by molar-refractivity contribution is -0.125. The van der Waals surface area contributed by atoms with Crippen LogP contribution in [0.1, 0.15) is 47.5 Å². The third-order valence-corrected chi connectivity index (χ3v) is 3.03. The van der Waals surface area contributed by atoms with Gasteiger partial charge >= 0.3 is 6.09 Å². The second-order valence-electron chi connectivity index (χ2n) is 6.73. The third-order valence-electron chi connectivity index (χ3n) is 3.03. The Bertz CT molecular complexity index is 345. The van der Waals surface area contributed by atoms with Crippen molar-refractivity contribution in [1.82, 2.24) is 4.90 Å². The van der Waals surface area contributed by atoms with Crippen LogP contribution >= 0.6 is 0 Å². The molecule has 1 heterocycles. The normalized spacial score (nSPS) is 23.6. The summed E-state index contributed by atoms with van der Waals surface area (Å²) in [5, 5.41) is 0. The molecule has 1 fully saturated rings. The maximum atomic E-state index is 12.1. The second kappa shape index (κ2) is 4.78. The number of hydrogen-bond donors (Lipinski definition) is 1. The van der Waals surface area contributed by atoms with Gasteiger partial charge in [-0.25, -0.2) is 4.79 Å². The van der Waals surface area contributed by atoms with Crippen LogP contribution < -0.4 is 5.73 Å². The van der Waals surface area contributed by atoms with E-state index in [1.165, 1.54) is 4.90 Å². The van der Waals surface area contributed by atoms with Gasteiger partial charge in [-0.1, -0.05) is 13.8 Å². The molecule has 1 aliphatic heterocycles. The summed E-state index contributed by atoms with van der Waals surface area (Å²) in [6.07, 6.45) is 1.01. The first-order valence-electron chi connectivity index (χ1n) is 6.31. The smallest absolute Gasteiger partial charge is 0.410 e. The number of ether oxygens (including phenoxy) is 1. The van der Waals surface area contributed by atoms with Crippen LogP contribution in [0.4, 0.5) is 4.79 Å². The molecule has 1 aliphatic rings. The molecule has 1 atom stereocenters. The Hall–Kier alpha value is -1.26. The van der Waals surface area contributed by atoms with Crippen molar-refractivity contribution in [2.24, 2.45) is 11.1 Å². The molecule has 0 saturated carbocycles. The topological polar surface area (TPSA) is 72.6 Å². The second-order valence-corrected chi connectivity index (χ2v) is 6.73. The molecule has 0 aromatic heterocycles. The van der Waals surface area contributed by atoms with Gasteiger partial charge in [0.15, 0.2) is 0 Å². The number of rotatable bonds is 1. The van der Waals surface area contributed by atoms with Crippen LogP contribution in [-0.2, 0) is 9.53 Å². The largest absolute Gasteiger partial charge is 0.444 e. The molecule has 1 rings (SSSR count). The minimum atomic E-state index is -0.569. The Kier molecular flexibility index (Phi) is 3.93. The van der Waals surface area contributed by atoms with Gasteiger partial charge in [0.2, 0.25) is 5.91 Å². The van der Waals surface area contributed by atoms with Gasteiger partial charge in [0.05, 0.1) is 0 Å². The van der Waals surface area contributed by atoms with Crippen molar-refractivity contribution in [2.75, 3.05) is 6.54 Å². The fourth-order valence-corrected chi connectivity index (χ4v) is 2.14. The lowest BCUT2D eigenvalue weighted by atomic mass is 9.81. The summed E-state index contributed by atoms with van der Waals surface area (Å²) >= 11 is 0. The Morgan fingerprint density at radius 3 is 2.33 bits per heavy atom. The first-order chi connectivity index (χ1) is 8.02. The number of nitrogens with two attached hydrogens (primary N) is 1. The van der Waals surface area contributed by atoms with Crippen LogP contribution in [0.25, 0.3) is 0 Å². The average molecular weight is 256 g/mol. The van der Waals surface area contributed by atoms with Crippen LogP contribution in [0.3, 0.4) is 0 Å². The first kappa shape index (κ1) is 14.8. The summed E-state index contributed by atoms with van der Waals surface area (Å²) in [5.74, 6) is -0.462. The number of nitrogens with zero attached hydrogens (tertiary/aromatic N) is 1. The highest BCUT2D eigenvalue weighted by Gasteiger charge is 2.40. The lowest BCUT2D eigenvalue weighted by Crippen LogP contribution is -2.55. The molecule has 1 saturated heterocycles. The summed E-state index contributed by atoms with van der Waals surface area (Å²) in [4.78, 5) is 25.0. The van der Waals surface area contributed by atoms with Crippen LogP contribution in [0, 0.1) is 5.41 Å². The molecule has 2 N–H and O–H groups in total. The Labute approximate surface area is 109 Å². The predicted octanol–water partition coefficient (Wildman–Crippen LogP) is 1.90. The molecular weight excluding hydrogens is 232 g/mol. The molecule has 0 aliphatic carbocycles. The highest BCUT2D eigenvalue weighted by molar-refractivity contribution is 5.84. The molecule has 5 heteroatoms. The fraction of sp³-hybridized carbons (Fsp3) is 0.846. The number of primary amides is 1. The van der Waals surface area contributed by atoms with Crippen LogP contribution in [0.5, 0.6) is 0 Å². The number of hydrogen-bond acceptors (Lipinski definition) is 3. The van der Waals surface area contributed by atoms with E-state index in [2.05, 4.69) is 13.8 Å². The van der Waals surface area contributed by atoms with Crippen molar-refractivity contribution >= 4 is 12.0 Å². The molecule has 0 radical (unpaired) electrons. The van der Waals surface area contributed by atoms with Gasteiger partial charge in [0.25, 0.3) is 0 Å². The minimum Gasteiger partial charge on any atom is -0.444 e. The van der Waals surface area contributed by atoms with E-state index in [-0.39, 0.29) is 5.41 Å². The van der Waals surface area contributed by atoms with Gasteiger partial charge in [0, 0.05) is 6.54 Å². The number of carbonyl (C=O) groups is 2. The minimum absolute atomic E-state index is 0.0111. The molecule has 2 amide bonds. The van der Waals surface area contributed by atoms with Gasteiger partial charge in [-0.05, 0) is 39.0 Å². The van der Waals surface area contributed by atoms with E-state index < -0.39 is 23.6 Å². The standard InChI is InChI=1S/C13H24N2O3/c1-12(2,3)18-11(17)15-8-13(4,5)7-6-9(15)10(14)16/h9H,6-8H2,1-5H3,(H2,14,16). The number of carbonyl (C=O) groups excluding carboxylic acids is 2. The quantitative estimate of drug-likeness (QED) is 0.778. The Morgan fingerprint density at radius 2 is 1.89 bits per heavy atom. The zero-order valence-electron chi connectivity index (χ0n) is 11.9. The number of likely N-dealkylation sites (tertiary alicyclic amines) is 1. The molecular formula is C13H24N2O3. The van der Waals surface area contributed by atoms with Crippen molar-refractivity contribution in [3.8, 4) is 0 Å². The maximum absolute atomic E-state index is 12.1. The highest BCUT2D eigenvalue weighted by atomic mass is 16.6. The van der Waals surface area contributed by atoms with Gasteiger partial charge in [-0.3, -0.25) is 9.69 Å². The van der Waals surface area contributed by atoms with Crippen LogP contribution in [-0.4, -0.2) is 35.1 Å². The summed E-state index contributed by atoms with van der Waals surface area (Å²) in [7, 11) is 0. The SMILES string of the molecule is CC1(C)CCC(C(N)=O)N(C(=O)OC(C)(C)C)C1. The monoisotopic (exact) mass is 256 g/mol. The van der Waals surface area contributed by atoms with Crippen LogP contribution in [0.2, 0.25) is 0 Å². The summed E-state index contributed by atoms with van der Waals surface area (Å²) in [6.45, 7) is 10.1. The predicted molar refractivity (Wildman–Crippen MR) is 68.9 cm³/mol. The Balaban J connectivity index is 2.85. The number of amides is 2. The molecule has 104 valence electrons. The van der Waals surface area contributed by atoms with E-state index in [0.717, 1.165) is 6.42 Å². The first-order valence-corrected chi connectivity index (χ1v) is 6.31. The van der Waals surface area contributed by atoms with Gasteiger partial charge in [-0.2, -0.15) is 0 Å². The van der Waals surface area contributed by atoms with E-state index in [4.69, 9.17) is 10.5 Å². The highest BCUT2D eigenvalue weighted by Crippen LogP contribution is 2.32. The van der Waals surface area contributed by atoms with Gasteiger partial charge < -0.3 is 10.5 Å². The van der Waals surface area contributed by atoms with Crippen molar-refractivity contribution < 1.29 is 14.3 Å². The summed E-state index contributed by atoms with van der Waals surface area (Å²) in [6, 6.07) is -0.548. The lowest BCUT2D eigenvalue weighted by Gasteiger charge is -2.42. The van der Waals surface area contributed by atoms with E-state index in [1.807, 2.05) is 0 Å². The molecule has 5 nitrogen and oxygen atoms in total. The fourth-order valence-electron chi connectivity index (χ4n) is 2.14. The number of piperidine rings is 1. The molecule has 18 heavy (non-hydrogen) atoms.